The molecule has 1 aromatic rings. The smallest absolute Gasteiger partial charge is 0.331 e. The number of carbonyl (C=O) groups excluding carboxylic acids is 3. The summed E-state index contributed by atoms with van der Waals surface area (Å²) in [5, 5.41) is 5.40. The first-order chi connectivity index (χ1) is 12.4. The van der Waals surface area contributed by atoms with Gasteiger partial charge in [-0.25, -0.2) is 4.79 Å². The molecule has 0 unspecified atom stereocenters. The molecule has 1 aliphatic rings. The number of esters is 1. The van der Waals surface area contributed by atoms with Gasteiger partial charge in [-0.15, -0.1) is 0 Å². The lowest BCUT2D eigenvalue weighted by atomic mass is 9.77. The Labute approximate surface area is 154 Å². The van der Waals surface area contributed by atoms with E-state index in [1.807, 2.05) is 0 Å². The maximum Gasteiger partial charge on any atom is 0.331 e. The topological polar surface area (TPSA) is 84.5 Å². The number of hydrogen-bond acceptors (Lipinski definition) is 4. The number of carbonyl (C=O) groups is 3. The number of benzene rings is 1. The van der Waals surface area contributed by atoms with Gasteiger partial charge in [0.25, 0.3) is 5.91 Å². The van der Waals surface area contributed by atoms with E-state index in [9.17, 15) is 14.4 Å². The van der Waals surface area contributed by atoms with Gasteiger partial charge in [-0.2, -0.15) is 0 Å². The van der Waals surface area contributed by atoms with Crippen LogP contribution in [0.25, 0.3) is 6.08 Å². The van der Waals surface area contributed by atoms with Gasteiger partial charge in [0, 0.05) is 18.7 Å². The van der Waals surface area contributed by atoms with Crippen molar-refractivity contribution < 1.29 is 19.1 Å². The molecule has 1 aromatic carbocycles. The Morgan fingerprint density at radius 2 is 1.77 bits per heavy atom. The molecule has 26 heavy (non-hydrogen) atoms. The highest BCUT2D eigenvalue weighted by Gasteiger charge is 2.43. The van der Waals surface area contributed by atoms with E-state index in [0.29, 0.717) is 24.3 Å². The summed E-state index contributed by atoms with van der Waals surface area (Å²) in [5.41, 5.74) is 0.401. The first kappa shape index (κ1) is 19.7. The summed E-state index contributed by atoms with van der Waals surface area (Å²) in [6.45, 7) is 2.14. The molecule has 0 atom stereocenters. The Hall–Kier alpha value is -2.63. The SMILES string of the molecule is CNC(=O)c1ccc(/C=C/C(=O)NC2(C(=O)OC)CCC(C)CC2)cc1. The molecule has 0 spiro atoms. The molecule has 2 N–H and O–H groups in total. The minimum atomic E-state index is -0.939. The molecule has 0 heterocycles. The Bertz CT molecular complexity index is 686. The average Bonchev–Trinajstić information content (AvgIpc) is 2.67. The Morgan fingerprint density at radius 1 is 1.15 bits per heavy atom. The summed E-state index contributed by atoms with van der Waals surface area (Å²) in [6, 6.07) is 6.89. The second-order valence-corrected chi connectivity index (χ2v) is 6.78. The van der Waals surface area contributed by atoms with Crippen molar-refractivity contribution in [2.24, 2.45) is 5.92 Å². The molecule has 0 bridgehead atoms. The maximum absolute atomic E-state index is 12.3. The Morgan fingerprint density at radius 3 is 2.31 bits per heavy atom. The lowest BCUT2D eigenvalue weighted by Crippen LogP contribution is -2.56. The summed E-state index contributed by atoms with van der Waals surface area (Å²) in [5.74, 6) is -0.342. The zero-order chi connectivity index (χ0) is 19.2. The second-order valence-electron chi connectivity index (χ2n) is 6.78. The molecule has 2 amide bonds. The molecule has 0 radical (unpaired) electrons. The molecule has 6 nitrogen and oxygen atoms in total. The van der Waals surface area contributed by atoms with Gasteiger partial charge in [0.15, 0.2) is 0 Å². The van der Waals surface area contributed by atoms with Crippen LogP contribution in [0.5, 0.6) is 0 Å². The molecule has 2 rings (SSSR count). The van der Waals surface area contributed by atoms with Gasteiger partial charge in [-0.3, -0.25) is 9.59 Å². The minimum absolute atomic E-state index is 0.162. The lowest BCUT2D eigenvalue weighted by molar-refractivity contribution is -0.152. The van der Waals surface area contributed by atoms with E-state index in [1.165, 1.54) is 13.2 Å². The molecule has 1 fully saturated rings. The zero-order valence-electron chi connectivity index (χ0n) is 15.5. The van der Waals surface area contributed by atoms with Crippen molar-refractivity contribution in [2.45, 2.75) is 38.1 Å². The predicted octanol–water partition coefficient (Wildman–Crippen LogP) is 2.30. The first-order valence-electron chi connectivity index (χ1n) is 8.81. The van der Waals surface area contributed by atoms with Crippen LogP contribution in [0.2, 0.25) is 0 Å². The van der Waals surface area contributed by atoms with E-state index >= 15 is 0 Å². The zero-order valence-corrected chi connectivity index (χ0v) is 15.5. The van der Waals surface area contributed by atoms with Crippen molar-refractivity contribution in [3.63, 3.8) is 0 Å². The van der Waals surface area contributed by atoms with E-state index in [-0.39, 0.29) is 17.8 Å². The molecule has 0 aromatic heterocycles. The van der Waals surface area contributed by atoms with Crippen LogP contribution in [-0.2, 0) is 14.3 Å². The van der Waals surface area contributed by atoms with Crippen LogP contribution >= 0.6 is 0 Å². The van der Waals surface area contributed by atoms with E-state index in [0.717, 1.165) is 18.4 Å². The fourth-order valence-electron chi connectivity index (χ4n) is 3.17. The summed E-state index contributed by atoms with van der Waals surface area (Å²) in [4.78, 5) is 36.1. The number of rotatable bonds is 5. The van der Waals surface area contributed by atoms with Crippen molar-refractivity contribution in [2.75, 3.05) is 14.2 Å². The summed E-state index contributed by atoms with van der Waals surface area (Å²) in [6.07, 6.45) is 5.97. The molecule has 0 saturated heterocycles. The molecule has 0 aliphatic heterocycles. The molecular weight excluding hydrogens is 332 g/mol. The number of hydrogen-bond donors (Lipinski definition) is 2. The largest absolute Gasteiger partial charge is 0.467 e. The summed E-state index contributed by atoms with van der Waals surface area (Å²) in [7, 11) is 2.92. The molecule has 6 heteroatoms. The molecule has 1 saturated carbocycles. The standard InChI is InChI=1S/C20H26N2O4/c1-14-10-12-20(13-11-14,19(25)26-3)22-17(23)9-6-15-4-7-16(8-5-15)18(24)21-2/h4-9,14H,10-13H2,1-3H3,(H,21,24)(H,22,23)/b9-6+. The highest BCUT2D eigenvalue weighted by Crippen LogP contribution is 2.32. The van der Waals surface area contributed by atoms with Gasteiger partial charge in [0.05, 0.1) is 7.11 Å². The molecule has 140 valence electrons. The van der Waals surface area contributed by atoms with Crippen LogP contribution < -0.4 is 10.6 Å². The van der Waals surface area contributed by atoms with Crippen LogP contribution in [0.1, 0.15) is 48.5 Å². The van der Waals surface area contributed by atoms with Crippen molar-refractivity contribution in [1.82, 2.24) is 10.6 Å². The Balaban J connectivity index is 2.04. The van der Waals surface area contributed by atoms with Crippen molar-refractivity contribution in [3.05, 3.63) is 41.5 Å². The van der Waals surface area contributed by atoms with Crippen molar-refractivity contribution in [1.29, 1.82) is 0 Å². The monoisotopic (exact) mass is 358 g/mol. The van der Waals surface area contributed by atoms with Gasteiger partial charge >= 0.3 is 5.97 Å². The van der Waals surface area contributed by atoms with E-state index in [2.05, 4.69) is 17.6 Å². The third kappa shape index (κ3) is 4.71. The van der Waals surface area contributed by atoms with Gasteiger partial charge in [0.2, 0.25) is 5.91 Å². The third-order valence-corrected chi connectivity index (χ3v) is 4.89. The van der Waals surface area contributed by atoms with Gasteiger partial charge in [0.1, 0.15) is 5.54 Å². The van der Waals surface area contributed by atoms with E-state index < -0.39 is 5.54 Å². The van der Waals surface area contributed by atoms with Gasteiger partial charge < -0.3 is 15.4 Å². The van der Waals surface area contributed by atoms with Crippen LogP contribution in [0, 0.1) is 5.92 Å². The predicted molar refractivity (Wildman–Crippen MR) is 99.4 cm³/mol. The fourth-order valence-corrected chi connectivity index (χ4v) is 3.17. The average molecular weight is 358 g/mol. The van der Waals surface area contributed by atoms with Crippen molar-refractivity contribution in [3.8, 4) is 0 Å². The number of methoxy groups -OCH3 is 1. The number of ether oxygens (including phenoxy) is 1. The number of amides is 2. The molecule has 1 aliphatic carbocycles. The van der Waals surface area contributed by atoms with Crippen molar-refractivity contribution >= 4 is 23.9 Å². The Kier molecular flexibility index (Phi) is 6.55. The fraction of sp³-hybridized carbons (Fsp3) is 0.450. The first-order valence-corrected chi connectivity index (χ1v) is 8.81. The van der Waals surface area contributed by atoms with Crippen LogP contribution in [0.15, 0.2) is 30.3 Å². The van der Waals surface area contributed by atoms with Crippen LogP contribution in [0.3, 0.4) is 0 Å². The van der Waals surface area contributed by atoms with Gasteiger partial charge in [-0.05, 0) is 55.4 Å². The highest BCUT2D eigenvalue weighted by molar-refractivity contribution is 5.97. The third-order valence-electron chi connectivity index (χ3n) is 4.89. The van der Waals surface area contributed by atoms with Crippen LogP contribution in [-0.4, -0.2) is 37.5 Å². The minimum Gasteiger partial charge on any atom is -0.467 e. The lowest BCUT2D eigenvalue weighted by Gasteiger charge is -2.37. The van der Waals surface area contributed by atoms with E-state index in [1.54, 1.807) is 37.4 Å². The normalized spacial score (nSPS) is 22.7. The quantitative estimate of drug-likeness (QED) is 0.625. The van der Waals surface area contributed by atoms with Crippen LogP contribution in [0.4, 0.5) is 0 Å². The number of nitrogens with one attached hydrogen (secondary N) is 2. The molecular formula is C20H26N2O4. The maximum atomic E-state index is 12.3. The summed E-state index contributed by atoms with van der Waals surface area (Å²) < 4.78 is 4.92. The van der Waals surface area contributed by atoms with Gasteiger partial charge in [-0.1, -0.05) is 19.1 Å². The summed E-state index contributed by atoms with van der Waals surface area (Å²) >= 11 is 0. The van der Waals surface area contributed by atoms with E-state index in [4.69, 9.17) is 4.74 Å². The second kappa shape index (κ2) is 8.65. The highest BCUT2D eigenvalue weighted by atomic mass is 16.5.